The van der Waals surface area contributed by atoms with Crippen LogP contribution in [0.2, 0.25) is 0 Å². The van der Waals surface area contributed by atoms with Crippen LogP contribution in [0.1, 0.15) is 36.5 Å². The number of fused-ring (bicyclic) bond motifs is 1. The molecule has 0 bridgehead atoms. The lowest BCUT2D eigenvalue weighted by Crippen LogP contribution is -2.21. The van der Waals surface area contributed by atoms with Gasteiger partial charge >= 0.3 is 0 Å². The second-order valence-electron chi connectivity index (χ2n) is 6.42. The average molecular weight is 366 g/mol. The Kier molecular flexibility index (Phi) is 6.08. The Labute approximate surface area is 159 Å². The number of carbonyl (C=O) groups is 1. The van der Waals surface area contributed by atoms with Crippen molar-refractivity contribution < 1.29 is 9.90 Å². The molecule has 0 fully saturated rings. The van der Waals surface area contributed by atoms with E-state index in [0.29, 0.717) is 18.4 Å². The second-order valence-corrected chi connectivity index (χ2v) is 6.42. The van der Waals surface area contributed by atoms with Crippen LogP contribution in [0.4, 0.5) is 11.4 Å². The molecule has 1 amide bonds. The standard InChI is InChI=1S/C21H26N4O2/c1-3-25(4-2)17-10-7-15(8-11-17)21(27)22-16-9-12-18-19(14-16)24-20(23-18)6-5-13-26/h7-12,14,26H,3-6,13H2,1-2H3,(H,22,27)(H,23,24). The molecule has 0 atom stereocenters. The number of H-pyrrole nitrogens is 1. The van der Waals surface area contributed by atoms with E-state index < -0.39 is 0 Å². The lowest BCUT2D eigenvalue weighted by Gasteiger charge is -2.21. The third-order valence-corrected chi connectivity index (χ3v) is 4.62. The molecule has 3 N–H and O–H groups in total. The van der Waals surface area contributed by atoms with Gasteiger partial charge in [-0.2, -0.15) is 0 Å². The lowest BCUT2D eigenvalue weighted by atomic mass is 10.1. The summed E-state index contributed by atoms with van der Waals surface area (Å²) >= 11 is 0. The number of anilines is 2. The van der Waals surface area contributed by atoms with Crippen LogP contribution in [-0.2, 0) is 6.42 Å². The zero-order valence-electron chi connectivity index (χ0n) is 15.8. The lowest BCUT2D eigenvalue weighted by molar-refractivity contribution is 0.102. The van der Waals surface area contributed by atoms with Gasteiger partial charge < -0.3 is 20.3 Å². The fraction of sp³-hybridized carbons (Fsp3) is 0.333. The number of aryl methyl sites for hydroxylation is 1. The van der Waals surface area contributed by atoms with Crippen molar-refractivity contribution in [2.24, 2.45) is 0 Å². The maximum Gasteiger partial charge on any atom is 0.255 e. The summed E-state index contributed by atoms with van der Waals surface area (Å²) in [5.74, 6) is 0.704. The van der Waals surface area contributed by atoms with Crippen LogP contribution in [0, 0.1) is 0 Å². The number of amides is 1. The highest BCUT2D eigenvalue weighted by Gasteiger charge is 2.09. The van der Waals surface area contributed by atoms with E-state index in [0.717, 1.165) is 41.3 Å². The molecule has 0 aliphatic heterocycles. The summed E-state index contributed by atoms with van der Waals surface area (Å²) in [6.45, 7) is 6.25. The Morgan fingerprint density at radius 1 is 1.15 bits per heavy atom. The molecule has 1 heterocycles. The van der Waals surface area contributed by atoms with Crippen LogP contribution in [0.15, 0.2) is 42.5 Å². The maximum absolute atomic E-state index is 12.5. The van der Waals surface area contributed by atoms with E-state index in [4.69, 9.17) is 5.11 Å². The second kappa shape index (κ2) is 8.68. The quantitative estimate of drug-likeness (QED) is 0.569. The highest BCUT2D eigenvalue weighted by Crippen LogP contribution is 2.20. The van der Waals surface area contributed by atoms with Gasteiger partial charge in [0.05, 0.1) is 11.0 Å². The van der Waals surface area contributed by atoms with Crippen LogP contribution in [-0.4, -0.2) is 40.7 Å². The maximum atomic E-state index is 12.5. The molecule has 0 saturated carbocycles. The molecule has 0 saturated heterocycles. The van der Waals surface area contributed by atoms with Crippen molar-refractivity contribution >= 4 is 28.3 Å². The van der Waals surface area contributed by atoms with Gasteiger partial charge in [-0.25, -0.2) is 4.98 Å². The number of nitrogens with one attached hydrogen (secondary N) is 2. The van der Waals surface area contributed by atoms with Gasteiger partial charge in [-0.1, -0.05) is 0 Å². The first-order chi connectivity index (χ1) is 13.1. The van der Waals surface area contributed by atoms with Gasteiger partial charge in [0.2, 0.25) is 0 Å². The number of aromatic amines is 1. The molecule has 6 heteroatoms. The first-order valence-electron chi connectivity index (χ1n) is 9.40. The van der Waals surface area contributed by atoms with Gasteiger partial charge in [-0.3, -0.25) is 4.79 Å². The van der Waals surface area contributed by atoms with Crippen molar-refractivity contribution in [1.29, 1.82) is 0 Å². The average Bonchev–Trinajstić information content (AvgIpc) is 3.10. The number of aliphatic hydroxyl groups excluding tert-OH is 1. The smallest absolute Gasteiger partial charge is 0.255 e. The van der Waals surface area contributed by atoms with E-state index in [1.54, 1.807) is 0 Å². The van der Waals surface area contributed by atoms with Crippen molar-refractivity contribution in [3.63, 3.8) is 0 Å². The molecule has 0 unspecified atom stereocenters. The van der Waals surface area contributed by atoms with E-state index >= 15 is 0 Å². The van der Waals surface area contributed by atoms with Gasteiger partial charge in [-0.15, -0.1) is 0 Å². The van der Waals surface area contributed by atoms with E-state index in [2.05, 4.69) is 34.0 Å². The largest absolute Gasteiger partial charge is 0.396 e. The molecule has 1 aromatic heterocycles. The minimum absolute atomic E-state index is 0.138. The van der Waals surface area contributed by atoms with Crippen molar-refractivity contribution in [2.75, 3.05) is 29.9 Å². The Bertz CT molecular complexity index is 898. The first kappa shape index (κ1) is 18.9. The number of aromatic nitrogens is 2. The third-order valence-electron chi connectivity index (χ3n) is 4.62. The Morgan fingerprint density at radius 2 is 1.89 bits per heavy atom. The van der Waals surface area contributed by atoms with Gasteiger partial charge in [0.1, 0.15) is 5.82 Å². The number of imidazole rings is 1. The van der Waals surface area contributed by atoms with Gasteiger partial charge in [0.25, 0.3) is 5.91 Å². The van der Waals surface area contributed by atoms with Crippen LogP contribution in [0.25, 0.3) is 11.0 Å². The zero-order chi connectivity index (χ0) is 19.2. The fourth-order valence-corrected chi connectivity index (χ4v) is 3.12. The predicted molar refractivity (Wildman–Crippen MR) is 109 cm³/mol. The number of hydrogen-bond donors (Lipinski definition) is 3. The summed E-state index contributed by atoms with van der Waals surface area (Å²) in [6, 6.07) is 13.3. The number of benzene rings is 2. The molecule has 2 aromatic carbocycles. The normalized spacial score (nSPS) is 10.9. The van der Waals surface area contributed by atoms with E-state index in [1.807, 2.05) is 42.5 Å². The zero-order valence-corrected chi connectivity index (χ0v) is 15.8. The topological polar surface area (TPSA) is 81.2 Å². The van der Waals surface area contributed by atoms with Gasteiger partial charge in [0, 0.05) is 43.1 Å². The van der Waals surface area contributed by atoms with Crippen molar-refractivity contribution in [3.05, 3.63) is 53.9 Å². The molecule has 3 aromatic rings. The van der Waals surface area contributed by atoms with Crippen molar-refractivity contribution in [2.45, 2.75) is 26.7 Å². The van der Waals surface area contributed by atoms with Crippen molar-refractivity contribution in [3.8, 4) is 0 Å². The summed E-state index contributed by atoms with van der Waals surface area (Å²) in [7, 11) is 0. The minimum Gasteiger partial charge on any atom is -0.396 e. The van der Waals surface area contributed by atoms with Gasteiger partial charge in [0.15, 0.2) is 0 Å². The molecule has 0 spiro atoms. The van der Waals surface area contributed by atoms with E-state index in [9.17, 15) is 4.79 Å². The molecule has 27 heavy (non-hydrogen) atoms. The summed E-state index contributed by atoms with van der Waals surface area (Å²) < 4.78 is 0. The minimum atomic E-state index is -0.138. The highest BCUT2D eigenvalue weighted by atomic mass is 16.2. The molecule has 0 aliphatic rings. The van der Waals surface area contributed by atoms with Crippen LogP contribution < -0.4 is 10.2 Å². The van der Waals surface area contributed by atoms with Crippen LogP contribution >= 0.6 is 0 Å². The monoisotopic (exact) mass is 366 g/mol. The molecule has 0 aliphatic carbocycles. The SMILES string of the molecule is CCN(CC)c1ccc(C(=O)Nc2ccc3nc(CCCO)[nH]c3c2)cc1. The highest BCUT2D eigenvalue weighted by molar-refractivity contribution is 6.05. The molecule has 142 valence electrons. The van der Waals surface area contributed by atoms with Crippen LogP contribution in [0.3, 0.4) is 0 Å². The molecular formula is C21H26N4O2. The molecule has 0 radical (unpaired) electrons. The molecule has 6 nitrogen and oxygen atoms in total. The van der Waals surface area contributed by atoms with Crippen molar-refractivity contribution in [1.82, 2.24) is 9.97 Å². The van der Waals surface area contributed by atoms with E-state index in [-0.39, 0.29) is 12.5 Å². The first-order valence-corrected chi connectivity index (χ1v) is 9.40. The third kappa shape index (κ3) is 4.46. The number of rotatable bonds is 8. The number of aliphatic hydroxyl groups is 1. The predicted octanol–water partition coefficient (Wildman–Crippen LogP) is 3.59. The fourth-order valence-electron chi connectivity index (χ4n) is 3.12. The number of carbonyl (C=O) groups excluding carboxylic acids is 1. The Balaban J connectivity index is 1.71. The summed E-state index contributed by atoms with van der Waals surface area (Å²) in [5, 5.41) is 11.9. The Morgan fingerprint density at radius 3 is 2.56 bits per heavy atom. The van der Waals surface area contributed by atoms with Crippen LogP contribution in [0.5, 0.6) is 0 Å². The number of hydrogen-bond acceptors (Lipinski definition) is 4. The summed E-state index contributed by atoms with van der Waals surface area (Å²) in [5.41, 5.74) is 4.19. The summed E-state index contributed by atoms with van der Waals surface area (Å²) in [4.78, 5) is 22.5. The van der Waals surface area contributed by atoms with E-state index in [1.165, 1.54) is 0 Å². The van der Waals surface area contributed by atoms with Gasteiger partial charge in [-0.05, 0) is 62.7 Å². The summed E-state index contributed by atoms with van der Waals surface area (Å²) in [6.07, 6.45) is 1.37. The Hall–Kier alpha value is -2.86. The molecule has 3 rings (SSSR count). The number of nitrogens with zero attached hydrogens (tertiary/aromatic N) is 2. The molecular weight excluding hydrogens is 340 g/mol.